The summed E-state index contributed by atoms with van der Waals surface area (Å²) in [6.45, 7) is 8.66. The molecule has 0 atom stereocenters. The van der Waals surface area contributed by atoms with E-state index in [1.165, 1.54) is 0 Å². The van der Waals surface area contributed by atoms with E-state index in [-0.39, 0.29) is 0 Å². The molecule has 1 aliphatic rings. The van der Waals surface area contributed by atoms with Crippen molar-refractivity contribution in [2.75, 3.05) is 0 Å². The van der Waals surface area contributed by atoms with Crippen LogP contribution in [0.2, 0.25) is 0 Å². The van der Waals surface area contributed by atoms with Gasteiger partial charge >= 0.3 is 7.12 Å². The molecule has 1 aliphatic heterocycles. The van der Waals surface area contributed by atoms with Crippen LogP contribution in [0, 0.1) is 0 Å². The third-order valence-corrected chi connectivity index (χ3v) is 6.60. The zero-order valence-corrected chi connectivity index (χ0v) is 20.4. The first kappa shape index (κ1) is 24.7. The lowest BCUT2D eigenvalue weighted by Gasteiger charge is -2.32. The quantitative estimate of drug-likeness (QED) is 0.330. The van der Waals surface area contributed by atoms with Crippen LogP contribution in [0.4, 0.5) is 0 Å². The number of carbonyl (C=O) groups is 2. The number of carbonyl (C=O) groups excluding carboxylic acids is 2. The Labute approximate surface area is 206 Å². The third-order valence-electron chi connectivity index (χ3n) is 6.60. The van der Waals surface area contributed by atoms with Crippen molar-refractivity contribution in [2.24, 2.45) is 0 Å². The molecule has 0 amide bonds. The number of hydrogen-bond donors (Lipinski definition) is 0. The lowest BCUT2D eigenvalue weighted by molar-refractivity contribution is 0.00578. The molecule has 6 nitrogen and oxygen atoms in total. The van der Waals surface area contributed by atoms with Gasteiger partial charge in [0.15, 0.2) is 0 Å². The van der Waals surface area contributed by atoms with Crippen molar-refractivity contribution in [3.63, 3.8) is 0 Å². The summed E-state index contributed by atoms with van der Waals surface area (Å²) in [4.78, 5) is 21.9. The zero-order chi connectivity index (χ0) is 25.1. The van der Waals surface area contributed by atoms with Gasteiger partial charge in [-0.15, -0.1) is 0 Å². The molecule has 0 bridgehead atoms. The van der Waals surface area contributed by atoms with E-state index in [1.807, 2.05) is 45.9 Å². The van der Waals surface area contributed by atoms with Gasteiger partial charge in [-0.25, -0.2) is 0 Å². The molecule has 0 unspecified atom stereocenters. The minimum Gasteiger partial charge on any atom is -0.489 e. The Bertz CT molecular complexity index is 1100. The zero-order valence-electron chi connectivity index (χ0n) is 20.4. The molecule has 1 saturated heterocycles. The largest absolute Gasteiger partial charge is 0.495 e. The molecule has 180 valence electrons. The van der Waals surface area contributed by atoms with Crippen LogP contribution in [0.5, 0.6) is 11.5 Å². The summed E-state index contributed by atoms with van der Waals surface area (Å²) in [5, 5.41) is 0. The first-order valence-electron chi connectivity index (χ1n) is 11.5. The summed E-state index contributed by atoms with van der Waals surface area (Å²) in [5.41, 5.74) is 2.89. The first-order valence-corrected chi connectivity index (χ1v) is 11.5. The van der Waals surface area contributed by atoms with Crippen molar-refractivity contribution < 1.29 is 28.4 Å². The van der Waals surface area contributed by atoms with E-state index in [2.05, 4.69) is 0 Å². The second-order valence-electron chi connectivity index (χ2n) is 9.53. The normalized spacial score (nSPS) is 16.1. The number of rotatable bonds is 9. The topological polar surface area (TPSA) is 71.1 Å². The van der Waals surface area contributed by atoms with Gasteiger partial charge < -0.3 is 18.8 Å². The van der Waals surface area contributed by atoms with Gasteiger partial charge in [0.1, 0.15) is 37.3 Å². The number of benzene rings is 3. The molecule has 0 aromatic heterocycles. The predicted molar refractivity (Wildman–Crippen MR) is 134 cm³/mol. The Morgan fingerprint density at radius 3 is 1.46 bits per heavy atom. The Balaban J connectivity index is 1.61. The predicted octanol–water partition coefficient (Wildman–Crippen LogP) is 4.77. The van der Waals surface area contributed by atoms with Gasteiger partial charge in [0.2, 0.25) is 0 Å². The lowest BCUT2D eigenvalue weighted by Crippen LogP contribution is -2.41. The Morgan fingerprint density at radius 2 is 1.09 bits per heavy atom. The van der Waals surface area contributed by atoms with Crippen LogP contribution >= 0.6 is 0 Å². The third kappa shape index (κ3) is 5.47. The minimum absolute atomic E-state index is 0.293. The van der Waals surface area contributed by atoms with Gasteiger partial charge in [-0.1, -0.05) is 18.2 Å². The molecule has 0 radical (unpaired) electrons. The minimum atomic E-state index is -0.590. The first-order chi connectivity index (χ1) is 16.7. The van der Waals surface area contributed by atoms with Crippen LogP contribution in [-0.4, -0.2) is 30.9 Å². The molecule has 7 heteroatoms. The standard InChI is InChI=1S/C28H29BO6/c1-27(2)28(3,4)35-29(34-27)26-22(18-32-24-12-8-20(16-30)9-13-24)6-5-7-23(26)19-33-25-14-10-21(17-31)11-15-25/h5-17H,18-19H2,1-4H3. The van der Waals surface area contributed by atoms with Crippen LogP contribution < -0.4 is 14.9 Å². The van der Waals surface area contributed by atoms with Gasteiger partial charge in [0, 0.05) is 11.1 Å². The molecule has 4 rings (SSSR count). The van der Waals surface area contributed by atoms with Gasteiger partial charge in [0.05, 0.1) is 11.2 Å². The summed E-state index contributed by atoms with van der Waals surface area (Å²) >= 11 is 0. The molecule has 35 heavy (non-hydrogen) atoms. The summed E-state index contributed by atoms with van der Waals surface area (Å²) in [5.74, 6) is 1.32. The van der Waals surface area contributed by atoms with Crippen LogP contribution in [-0.2, 0) is 22.5 Å². The Hall–Kier alpha value is -3.42. The average Bonchev–Trinajstić information content (AvgIpc) is 3.08. The molecule has 1 fully saturated rings. The number of aldehydes is 2. The molecule has 3 aromatic carbocycles. The van der Waals surface area contributed by atoms with E-state index in [4.69, 9.17) is 18.8 Å². The summed E-state index contributed by atoms with van der Waals surface area (Å²) < 4.78 is 24.8. The van der Waals surface area contributed by atoms with Crippen molar-refractivity contribution in [2.45, 2.75) is 52.1 Å². The molecular formula is C28H29BO6. The highest BCUT2D eigenvalue weighted by molar-refractivity contribution is 6.63. The van der Waals surface area contributed by atoms with Gasteiger partial charge in [-0.2, -0.15) is 0 Å². The maximum absolute atomic E-state index is 10.9. The van der Waals surface area contributed by atoms with Crippen LogP contribution in [0.3, 0.4) is 0 Å². The van der Waals surface area contributed by atoms with Crippen LogP contribution in [0.25, 0.3) is 0 Å². The SMILES string of the molecule is CC1(C)OB(c2c(COc3ccc(C=O)cc3)cccc2COc2ccc(C=O)cc2)OC1(C)C. The smallest absolute Gasteiger partial charge is 0.489 e. The van der Waals surface area contributed by atoms with Gasteiger partial charge in [-0.3, -0.25) is 9.59 Å². The number of hydrogen-bond acceptors (Lipinski definition) is 6. The van der Waals surface area contributed by atoms with Crippen molar-refractivity contribution in [1.29, 1.82) is 0 Å². The highest BCUT2D eigenvalue weighted by atomic mass is 16.7. The maximum atomic E-state index is 10.9. The fraction of sp³-hybridized carbons (Fsp3) is 0.286. The monoisotopic (exact) mass is 472 g/mol. The molecule has 1 heterocycles. The highest BCUT2D eigenvalue weighted by Crippen LogP contribution is 2.37. The van der Waals surface area contributed by atoms with Crippen molar-refractivity contribution in [3.8, 4) is 11.5 Å². The van der Waals surface area contributed by atoms with Crippen LogP contribution in [0.15, 0.2) is 66.7 Å². The second-order valence-corrected chi connectivity index (χ2v) is 9.53. The fourth-order valence-corrected chi connectivity index (χ4v) is 3.79. The maximum Gasteiger partial charge on any atom is 0.495 e. The summed E-state index contributed by atoms with van der Waals surface area (Å²) in [6, 6.07) is 19.9. The van der Waals surface area contributed by atoms with Gasteiger partial charge in [0.25, 0.3) is 0 Å². The molecule has 3 aromatic rings. The summed E-state index contributed by atoms with van der Waals surface area (Å²) in [7, 11) is -0.590. The summed E-state index contributed by atoms with van der Waals surface area (Å²) in [6.07, 6.45) is 1.60. The van der Waals surface area contributed by atoms with E-state index in [1.54, 1.807) is 48.5 Å². The fourth-order valence-electron chi connectivity index (χ4n) is 3.79. The average molecular weight is 472 g/mol. The van der Waals surface area contributed by atoms with Crippen molar-refractivity contribution >= 4 is 25.2 Å². The van der Waals surface area contributed by atoms with E-state index < -0.39 is 18.3 Å². The van der Waals surface area contributed by atoms with Gasteiger partial charge in [-0.05, 0) is 92.8 Å². The molecule has 0 saturated carbocycles. The Kier molecular flexibility index (Phi) is 7.10. The van der Waals surface area contributed by atoms with Crippen LogP contribution in [0.1, 0.15) is 59.5 Å². The van der Waals surface area contributed by atoms with E-state index >= 15 is 0 Å². The van der Waals surface area contributed by atoms with Crippen molar-refractivity contribution in [3.05, 3.63) is 89.0 Å². The molecule has 0 spiro atoms. The lowest BCUT2D eigenvalue weighted by atomic mass is 9.73. The number of ether oxygens (including phenoxy) is 2. The molecule has 0 aliphatic carbocycles. The van der Waals surface area contributed by atoms with E-state index in [0.29, 0.717) is 35.8 Å². The van der Waals surface area contributed by atoms with E-state index in [9.17, 15) is 9.59 Å². The Morgan fingerprint density at radius 1 is 0.686 bits per heavy atom. The van der Waals surface area contributed by atoms with Crippen molar-refractivity contribution in [1.82, 2.24) is 0 Å². The highest BCUT2D eigenvalue weighted by Gasteiger charge is 2.52. The molecular weight excluding hydrogens is 443 g/mol. The second kappa shape index (κ2) is 10.1. The molecule has 0 N–H and O–H groups in total. The van der Waals surface area contributed by atoms with E-state index in [0.717, 1.165) is 29.2 Å².